The molecule has 4 aliphatic rings. The fraction of sp³-hybridized carbons (Fsp3) is 0.373. The Morgan fingerprint density at radius 3 is 2.55 bits per heavy atom. The Morgan fingerprint density at radius 2 is 1.72 bits per heavy atom. The fourth-order valence-corrected chi connectivity index (χ4v) is 9.54. The maximum Gasteiger partial charge on any atom is 0.161 e. The molecule has 1 fully saturated rings. The molecule has 6 bridgehead atoms. The van der Waals surface area contributed by atoms with E-state index in [-0.39, 0.29) is 35.5 Å². The van der Waals surface area contributed by atoms with E-state index in [1.165, 1.54) is 16.7 Å². The molecule has 6 N–H and O–H groups in total. The van der Waals surface area contributed by atoms with E-state index >= 15 is 0 Å². The van der Waals surface area contributed by atoms with Gasteiger partial charge in [-0.1, -0.05) is 66.4 Å². The van der Waals surface area contributed by atoms with Crippen LogP contribution in [0.4, 0.5) is 0 Å². The summed E-state index contributed by atoms with van der Waals surface area (Å²) >= 11 is 0. The van der Waals surface area contributed by atoms with Crippen LogP contribution in [-0.2, 0) is 34.3 Å². The Labute approximate surface area is 352 Å². The second-order valence-corrected chi connectivity index (χ2v) is 17.0. The zero-order chi connectivity index (χ0) is 41.1. The minimum absolute atomic E-state index is 0.0832. The Bertz CT molecular complexity index is 2440. The molecule has 9 nitrogen and oxygen atoms in total. The Morgan fingerprint density at radius 1 is 0.883 bits per heavy atom. The van der Waals surface area contributed by atoms with Crippen LogP contribution in [0.25, 0.3) is 16.6 Å². The number of nitrogens with one attached hydrogen (secondary N) is 1. The van der Waals surface area contributed by atoms with Gasteiger partial charge in [0, 0.05) is 58.9 Å². The van der Waals surface area contributed by atoms with Crippen molar-refractivity contribution in [2.75, 3.05) is 19.8 Å². The van der Waals surface area contributed by atoms with Gasteiger partial charge in [0.15, 0.2) is 11.5 Å². The normalized spacial score (nSPS) is 23.3. The zero-order valence-electron chi connectivity index (χ0n) is 34.1. The minimum atomic E-state index is -0.579. The number of dihydropyridines is 1. The molecule has 9 rings (SSSR count). The van der Waals surface area contributed by atoms with Crippen molar-refractivity contribution >= 4 is 16.6 Å². The van der Waals surface area contributed by atoms with Crippen LogP contribution in [0.3, 0.4) is 0 Å². The number of ether oxygens (including phenoxy) is 3. The summed E-state index contributed by atoms with van der Waals surface area (Å²) in [7, 11) is 0. The number of nitrogens with two attached hydrogens (primary N) is 1. The second-order valence-electron chi connectivity index (χ2n) is 17.0. The molecule has 0 amide bonds. The number of hydrogen-bond acceptors (Lipinski definition) is 8. The molecule has 0 saturated carbocycles. The van der Waals surface area contributed by atoms with Crippen molar-refractivity contribution in [2.24, 2.45) is 11.7 Å². The third-order valence-corrected chi connectivity index (χ3v) is 13.0. The van der Waals surface area contributed by atoms with Gasteiger partial charge in [-0.05, 0) is 128 Å². The van der Waals surface area contributed by atoms with E-state index in [0.29, 0.717) is 44.8 Å². The monoisotopic (exact) mass is 805 g/mol. The molecule has 9 heteroatoms. The highest BCUT2D eigenvalue weighted by molar-refractivity contribution is 5.88. The van der Waals surface area contributed by atoms with Crippen molar-refractivity contribution in [3.63, 3.8) is 0 Å². The van der Waals surface area contributed by atoms with Gasteiger partial charge >= 0.3 is 0 Å². The fourth-order valence-electron chi connectivity index (χ4n) is 9.54. The standard InChI is InChI=1S/C51H55N3O6/c52-49-28-37-16-11-34(9-10-35-12-17-42(55)18-13-35)5-4-8-44-29-43(56)19-14-36-15-20-47(57)48(25-36)60-32-39-27-41(51(21-23-58-24-22-51)40-6-2-1-3-7-40)26-38-30-54(31-45(38)39)50(53-49)46(37)33-59-44/h1-3,6-7,12-13,15,17-18,20,25-28,30-31,34,43-44,49,53,55-57H,4-5,8-10,14,19,21-24,29,32-33,52H2/t34-,43+,44-,49?/m0/s1. The summed E-state index contributed by atoms with van der Waals surface area (Å²) in [6.07, 6.45) is 12.8. The topological polar surface area (TPSA) is 131 Å². The van der Waals surface area contributed by atoms with Crippen molar-refractivity contribution in [1.29, 1.82) is 0 Å². The average molecular weight is 806 g/mol. The Kier molecular flexibility index (Phi) is 11.7. The third-order valence-electron chi connectivity index (χ3n) is 13.0. The maximum absolute atomic E-state index is 11.5. The van der Waals surface area contributed by atoms with E-state index in [9.17, 15) is 15.3 Å². The number of aromatic hydroxyl groups is 2. The average Bonchev–Trinajstić information content (AvgIpc) is 3.69. The first kappa shape index (κ1) is 39.9. The number of phenols is 2. The highest BCUT2D eigenvalue weighted by Crippen LogP contribution is 2.44. The van der Waals surface area contributed by atoms with E-state index in [1.54, 1.807) is 18.2 Å². The smallest absolute Gasteiger partial charge is 0.161 e. The van der Waals surface area contributed by atoms with Gasteiger partial charge < -0.3 is 45.1 Å². The second kappa shape index (κ2) is 17.6. The number of benzene rings is 4. The van der Waals surface area contributed by atoms with E-state index in [4.69, 9.17) is 19.9 Å². The number of rotatable bonds is 5. The highest BCUT2D eigenvalue weighted by atomic mass is 16.5. The Balaban J connectivity index is 1.17. The summed E-state index contributed by atoms with van der Waals surface area (Å²) in [6.45, 7) is 1.88. The van der Waals surface area contributed by atoms with Crippen molar-refractivity contribution < 1.29 is 29.5 Å². The van der Waals surface area contributed by atoms with E-state index in [0.717, 1.165) is 83.8 Å². The number of fused-ring (bicyclic) bond motifs is 6. The van der Waals surface area contributed by atoms with Crippen LogP contribution in [0.5, 0.6) is 17.2 Å². The molecule has 5 aromatic rings. The number of phenolic OH excluding ortho intramolecular Hbond substituents is 2. The van der Waals surface area contributed by atoms with E-state index in [1.807, 2.05) is 30.3 Å². The van der Waals surface area contributed by atoms with Gasteiger partial charge in [0.1, 0.15) is 18.2 Å². The number of aryl methyl sites for hydroxylation is 2. The van der Waals surface area contributed by atoms with Crippen molar-refractivity contribution in [3.05, 3.63) is 142 Å². The minimum Gasteiger partial charge on any atom is -0.508 e. The van der Waals surface area contributed by atoms with Gasteiger partial charge in [0.25, 0.3) is 0 Å². The lowest BCUT2D eigenvalue weighted by molar-refractivity contribution is 0.0167. The zero-order valence-corrected chi connectivity index (χ0v) is 34.1. The summed E-state index contributed by atoms with van der Waals surface area (Å²) in [5.74, 6) is 8.96. The first-order valence-electron chi connectivity index (χ1n) is 21.6. The lowest BCUT2D eigenvalue weighted by Gasteiger charge is -2.39. The molecule has 0 radical (unpaired) electrons. The number of nitrogens with zero attached hydrogens (tertiary/aromatic N) is 1. The summed E-state index contributed by atoms with van der Waals surface area (Å²) in [6, 6.07) is 28.3. The van der Waals surface area contributed by atoms with Crippen molar-refractivity contribution in [3.8, 4) is 29.1 Å². The van der Waals surface area contributed by atoms with Crippen LogP contribution in [0.2, 0.25) is 0 Å². The maximum atomic E-state index is 11.5. The molecule has 1 aromatic heterocycles. The molecule has 4 atom stereocenters. The predicted octanol–water partition coefficient (Wildman–Crippen LogP) is 8.23. The van der Waals surface area contributed by atoms with Gasteiger partial charge in [0.2, 0.25) is 0 Å². The van der Waals surface area contributed by atoms with Crippen molar-refractivity contribution in [1.82, 2.24) is 9.88 Å². The van der Waals surface area contributed by atoms with Gasteiger partial charge in [-0.15, -0.1) is 0 Å². The summed E-state index contributed by atoms with van der Waals surface area (Å²) in [5, 5.41) is 38.0. The molecule has 5 heterocycles. The number of aliphatic hydroxyl groups excluding tert-OH is 1. The predicted molar refractivity (Wildman–Crippen MR) is 234 cm³/mol. The van der Waals surface area contributed by atoms with Crippen molar-refractivity contribution in [2.45, 2.75) is 94.6 Å². The van der Waals surface area contributed by atoms with Crippen LogP contribution < -0.4 is 15.8 Å². The van der Waals surface area contributed by atoms with Crippen LogP contribution >= 0.6 is 0 Å². The lowest BCUT2D eigenvalue weighted by Crippen LogP contribution is -2.40. The molecule has 4 aromatic carbocycles. The van der Waals surface area contributed by atoms with Gasteiger partial charge in [-0.2, -0.15) is 0 Å². The molecular weight excluding hydrogens is 751 g/mol. The van der Waals surface area contributed by atoms with Gasteiger partial charge in [-0.3, -0.25) is 0 Å². The largest absolute Gasteiger partial charge is 0.508 e. The molecule has 0 spiro atoms. The summed E-state index contributed by atoms with van der Waals surface area (Å²) in [4.78, 5) is 0. The number of aromatic nitrogens is 1. The summed E-state index contributed by atoms with van der Waals surface area (Å²) in [5.41, 5.74) is 13.9. The molecule has 4 aliphatic heterocycles. The molecule has 60 heavy (non-hydrogen) atoms. The van der Waals surface area contributed by atoms with Crippen LogP contribution in [0.15, 0.2) is 115 Å². The van der Waals surface area contributed by atoms with E-state index in [2.05, 4.69) is 76.6 Å². The quantitative estimate of drug-likeness (QED) is 0.112. The molecule has 1 unspecified atom stereocenters. The van der Waals surface area contributed by atoms with Crippen LogP contribution in [-0.4, -0.2) is 58.1 Å². The van der Waals surface area contributed by atoms with Crippen LogP contribution in [0.1, 0.15) is 79.2 Å². The number of hydrogen-bond donors (Lipinski definition) is 5. The molecule has 0 aliphatic carbocycles. The first-order valence-corrected chi connectivity index (χ1v) is 21.6. The molecular formula is C51H55N3O6. The first-order chi connectivity index (χ1) is 29.3. The Hall–Kier alpha value is -5.50. The highest BCUT2D eigenvalue weighted by Gasteiger charge is 2.37. The molecule has 1 saturated heterocycles. The van der Waals surface area contributed by atoms with Gasteiger partial charge in [-0.25, -0.2) is 0 Å². The van der Waals surface area contributed by atoms with E-state index < -0.39 is 12.3 Å². The van der Waals surface area contributed by atoms with Crippen LogP contribution in [0, 0.1) is 17.8 Å². The molecule has 310 valence electrons. The number of aliphatic hydroxyl groups is 1. The summed E-state index contributed by atoms with van der Waals surface area (Å²) < 4.78 is 21.4. The lowest BCUT2D eigenvalue weighted by atomic mass is 9.68. The SMILES string of the molecule is NC1C=C2C#C[C@H](CCc3ccc(O)cc3)CCC[C@H]3C[C@H](O)CCc4ccc(O)c(c4)OCc4cc(C5(c6ccccc6)CCOCC5)cc5cn(cc45)C(=C2CO3)N1. The van der Waals surface area contributed by atoms with Gasteiger partial charge in [0.05, 0.1) is 25.0 Å². The third kappa shape index (κ3) is 8.70.